The molecule has 13 nitrogen and oxygen atoms in total. The molecule has 2 aromatic carbocycles. The molecule has 3 aromatic rings. The highest BCUT2D eigenvalue weighted by molar-refractivity contribution is 7.07. The van der Waals surface area contributed by atoms with Crippen LogP contribution in [0.5, 0.6) is 23.0 Å². The summed E-state index contributed by atoms with van der Waals surface area (Å²) >= 11 is 1.04. The molecule has 4 rings (SSSR count). The van der Waals surface area contributed by atoms with Crippen LogP contribution in [0, 0.1) is 22.7 Å². The lowest BCUT2D eigenvalue weighted by atomic mass is 9.84. The Kier molecular flexibility index (Phi) is 9.57. The molecule has 1 atom stereocenters. The molecule has 0 fully saturated rings. The quantitative estimate of drug-likeness (QED) is 0.254. The summed E-state index contributed by atoms with van der Waals surface area (Å²) in [4.78, 5) is 36.0. The Morgan fingerprint density at radius 1 is 0.886 bits per heavy atom. The fraction of sp³-hybridized carbons (Fsp3) is 0.233. The van der Waals surface area contributed by atoms with E-state index in [2.05, 4.69) is 12.1 Å². The fourth-order valence-electron chi connectivity index (χ4n) is 4.53. The molecule has 0 radical (unpaired) electrons. The van der Waals surface area contributed by atoms with E-state index in [4.69, 9.17) is 36.1 Å². The molecule has 44 heavy (non-hydrogen) atoms. The Hall–Kier alpha value is -5.73. The van der Waals surface area contributed by atoms with Gasteiger partial charge in [-0.15, -0.1) is 11.3 Å². The van der Waals surface area contributed by atoms with Gasteiger partial charge in [-0.2, -0.15) is 10.5 Å². The lowest BCUT2D eigenvalue weighted by Gasteiger charge is -2.23. The van der Waals surface area contributed by atoms with Crippen molar-refractivity contribution in [3.63, 3.8) is 0 Å². The average Bonchev–Trinajstić information content (AvgIpc) is 3.31. The van der Waals surface area contributed by atoms with Crippen molar-refractivity contribution in [3.05, 3.63) is 72.6 Å². The minimum atomic E-state index is -0.911. The van der Waals surface area contributed by atoms with E-state index >= 15 is 0 Å². The largest absolute Gasteiger partial charge is 0.490 e. The number of fused-ring (bicyclic) bond motifs is 1. The first kappa shape index (κ1) is 31.2. The van der Waals surface area contributed by atoms with Gasteiger partial charge in [0.15, 0.2) is 36.2 Å². The second kappa shape index (κ2) is 13.5. The zero-order valence-corrected chi connectivity index (χ0v) is 24.6. The highest BCUT2D eigenvalue weighted by Crippen LogP contribution is 2.39. The molecule has 14 heteroatoms. The Bertz CT molecular complexity index is 1930. The van der Waals surface area contributed by atoms with Crippen LogP contribution in [0.2, 0.25) is 0 Å². The Labute approximate surface area is 255 Å². The number of carbonyl (C=O) groups excluding carboxylic acids is 2. The topological polar surface area (TPSA) is 219 Å². The minimum absolute atomic E-state index is 0.00309. The van der Waals surface area contributed by atoms with E-state index in [1.54, 1.807) is 56.3 Å². The number of aromatic nitrogens is 1. The number of ether oxygens (including phenoxy) is 4. The Morgan fingerprint density at radius 2 is 1.45 bits per heavy atom. The lowest BCUT2D eigenvalue weighted by molar-refractivity contribution is -0.120. The molecule has 0 spiro atoms. The van der Waals surface area contributed by atoms with Gasteiger partial charge in [-0.1, -0.05) is 12.1 Å². The van der Waals surface area contributed by atoms with Crippen LogP contribution in [-0.4, -0.2) is 42.8 Å². The first-order valence-electron chi connectivity index (χ1n) is 13.3. The molecule has 6 N–H and O–H groups in total. The molecule has 0 bridgehead atoms. The second-order valence-corrected chi connectivity index (χ2v) is 10.2. The van der Waals surface area contributed by atoms with Gasteiger partial charge in [0.1, 0.15) is 10.5 Å². The van der Waals surface area contributed by atoms with Crippen molar-refractivity contribution in [3.8, 4) is 35.1 Å². The number of primary amides is 2. The van der Waals surface area contributed by atoms with E-state index < -0.39 is 23.3 Å². The number of benzene rings is 2. The average molecular weight is 617 g/mol. The SMILES string of the molecule is CCOc1cc(/C=c2\sc3n(c2=O)C(N)=C(C#N)[C@@H](c2ccc(OCC(N)=O)c(OCC)c2)C=3C#N)ccc1OCC(N)=O. The number of carbonyl (C=O) groups is 2. The smallest absolute Gasteiger partial charge is 0.274 e. The third-order valence-corrected chi connectivity index (χ3v) is 7.40. The second-order valence-electron chi connectivity index (χ2n) is 9.21. The van der Waals surface area contributed by atoms with E-state index in [-0.39, 0.29) is 57.5 Å². The molecule has 226 valence electrons. The van der Waals surface area contributed by atoms with Gasteiger partial charge in [-0.05, 0) is 55.3 Å². The van der Waals surface area contributed by atoms with Crippen molar-refractivity contribution in [2.24, 2.45) is 17.2 Å². The molecule has 2 heterocycles. The maximum Gasteiger partial charge on any atom is 0.274 e. The Balaban J connectivity index is 1.88. The molecular formula is C30H28N6O7S. The molecule has 1 aliphatic rings. The van der Waals surface area contributed by atoms with Crippen molar-refractivity contribution in [1.82, 2.24) is 4.57 Å². The zero-order valence-electron chi connectivity index (χ0n) is 23.8. The van der Waals surface area contributed by atoms with Crippen LogP contribution in [-0.2, 0) is 9.59 Å². The predicted molar refractivity (Wildman–Crippen MR) is 161 cm³/mol. The molecule has 0 unspecified atom stereocenters. The fourth-order valence-corrected chi connectivity index (χ4v) is 5.66. The van der Waals surface area contributed by atoms with Gasteiger partial charge in [0.25, 0.3) is 17.4 Å². The molecule has 0 saturated carbocycles. The van der Waals surface area contributed by atoms with Crippen molar-refractivity contribution in [2.45, 2.75) is 19.8 Å². The molecule has 0 saturated heterocycles. The third kappa shape index (κ3) is 6.35. The summed E-state index contributed by atoms with van der Waals surface area (Å²) in [5, 5.41) is 20.4. The number of hydrogen-bond donors (Lipinski definition) is 3. The van der Waals surface area contributed by atoms with Crippen LogP contribution in [0.3, 0.4) is 0 Å². The Morgan fingerprint density at radius 3 is 2.00 bits per heavy atom. The van der Waals surface area contributed by atoms with Crippen LogP contribution < -0.4 is 50.9 Å². The monoisotopic (exact) mass is 616 g/mol. The summed E-state index contributed by atoms with van der Waals surface area (Å²) < 4.78 is 23.9. The van der Waals surface area contributed by atoms with Gasteiger partial charge in [0.2, 0.25) is 0 Å². The summed E-state index contributed by atoms with van der Waals surface area (Å²) in [5.41, 5.74) is 17.5. The maximum atomic E-state index is 13.6. The highest BCUT2D eigenvalue weighted by atomic mass is 32.1. The van der Waals surface area contributed by atoms with Gasteiger partial charge in [-0.25, -0.2) is 0 Å². The predicted octanol–water partition coefficient (Wildman–Crippen LogP) is 0.387. The van der Waals surface area contributed by atoms with Crippen molar-refractivity contribution < 1.29 is 28.5 Å². The van der Waals surface area contributed by atoms with Crippen LogP contribution >= 0.6 is 11.3 Å². The first-order chi connectivity index (χ1) is 21.1. The van der Waals surface area contributed by atoms with Gasteiger partial charge < -0.3 is 36.1 Å². The normalized spacial score (nSPS) is 14.3. The van der Waals surface area contributed by atoms with Gasteiger partial charge in [0, 0.05) is 0 Å². The van der Waals surface area contributed by atoms with E-state index in [0.29, 0.717) is 29.2 Å². The van der Waals surface area contributed by atoms with Gasteiger partial charge >= 0.3 is 0 Å². The number of nitriles is 2. The van der Waals surface area contributed by atoms with Crippen LogP contribution in [0.4, 0.5) is 0 Å². The van der Waals surface area contributed by atoms with Crippen LogP contribution in [0.1, 0.15) is 30.9 Å². The molecule has 1 aliphatic heterocycles. The molecular weight excluding hydrogens is 588 g/mol. The van der Waals surface area contributed by atoms with Crippen molar-refractivity contribution >= 4 is 40.6 Å². The number of thiazole rings is 1. The van der Waals surface area contributed by atoms with Crippen molar-refractivity contribution in [1.29, 1.82) is 10.5 Å². The number of rotatable bonds is 12. The number of amides is 2. The van der Waals surface area contributed by atoms with Crippen LogP contribution in [0.25, 0.3) is 17.5 Å². The van der Waals surface area contributed by atoms with E-state index in [9.17, 15) is 24.9 Å². The van der Waals surface area contributed by atoms with Gasteiger partial charge in [0.05, 0.1) is 46.9 Å². The lowest BCUT2D eigenvalue weighted by Crippen LogP contribution is -2.38. The number of nitrogens with two attached hydrogens (primary N) is 3. The minimum Gasteiger partial charge on any atom is -0.490 e. The zero-order chi connectivity index (χ0) is 32.0. The summed E-state index contributed by atoms with van der Waals surface area (Å²) in [6.45, 7) is 3.42. The first-order valence-corrected chi connectivity index (χ1v) is 14.1. The van der Waals surface area contributed by atoms with E-state index in [0.717, 1.165) is 15.9 Å². The summed E-state index contributed by atoms with van der Waals surface area (Å²) in [7, 11) is 0. The molecule has 1 aromatic heterocycles. The molecule has 2 amide bonds. The summed E-state index contributed by atoms with van der Waals surface area (Å²) in [6, 6.07) is 13.9. The third-order valence-electron chi connectivity index (χ3n) is 6.30. The number of nitrogens with zero attached hydrogens (tertiary/aromatic N) is 3. The van der Waals surface area contributed by atoms with E-state index in [1.807, 2.05) is 0 Å². The van der Waals surface area contributed by atoms with Crippen molar-refractivity contribution in [2.75, 3.05) is 26.4 Å². The maximum absolute atomic E-state index is 13.6. The number of allylic oxidation sites excluding steroid dienone is 1. The standard InChI is InChI=1S/C30H28N6O7S/c1-3-40-22-9-16(5-7-20(22)42-14-25(33)37)10-24-29(39)36-28(35)18(12-31)27(19(13-32)30(36)44-24)17-6-8-21(43-15-26(34)38)23(11-17)41-4-2/h5-11,27H,3-4,14-15,35H2,1-2H3,(H2,33,37)(H2,34,38)/b24-10-/t27-/m1/s1. The van der Waals surface area contributed by atoms with Gasteiger partial charge in [-0.3, -0.25) is 19.0 Å². The molecule has 0 aliphatic carbocycles. The number of hydrogen-bond acceptors (Lipinski definition) is 11. The highest BCUT2D eigenvalue weighted by Gasteiger charge is 2.33. The summed E-state index contributed by atoms with van der Waals surface area (Å²) in [6.07, 6.45) is 1.60. The summed E-state index contributed by atoms with van der Waals surface area (Å²) in [5.74, 6) is -1.17. The van der Waals surface area contributed by atoms with E-state index in [1.165, 1.54) is 0 Å². The van der Waals surface area contributed by atoms with Crippen LogP contribution in [0.15, 0.2) is 46.8 Å².